The van der Waals surface area contributed by atoms with Crippen LogP contribution in [0.2, 0.25) is 0 Å². The zero-order chi connectivity index (χ0) is 14.1. The number of carbonyl (C=O) groups is 1. The second-order valence-electron chi connectivity index (χ2n) is 4.19. The lowest BCUT2D eigenvalue weighted by atomic mass is 10.2. The van der Waals surface area contributed by atoms with Gasteiger partial charge in [-0.15, -0.1) is 0 Å². The van der Waals surface area contributed by atoms with Crippen molar-refractivity contribution in [3.05, 3.63) is 35.7 Å². The van der Waals surface area contributed by atoms with Gasteiger partial charge in [0.2, 0.25) is 12.7 Å². The summed E-state index contributed by atoms with van der Waals surface area (Å²) in [5, 5.41) is 11.9. The molecule has 1 aliphatic rings. The molecule has 0 radical (unpaired) electrons. The van der Waals surface area contributed by atoms with E-state index < -0.39 is 5.97 Å². The second-order valence-corrected chi connectivity index (χ2v) is 4.19. The van der Waals surface area contributed by atoms with Crippen LogP contribution in [-0.2, 0) is 0 Å². The SMILES string of the molecule is Cc1nc(Nc2ccc3c(c2)OCO3)ncc1C(=O)O. The largest absolute Gasteiger partial charge is 0.478 e. The van der Waals surface area contributed by atoms with Crippen LogP contribution in [0.5, 0.6) is 11.5 Å². The number of benzene rings is 1. The summed E-state index contributed by atoms with van der Waals surface area (Å²) in [5.41, 5.74) is 1.22. The molecule has 1 aromatic heterocycles. The average molecular weight is 273 g/mol. The molecule has 0 saturated heterocycles. The summed E-state index contributed by atoms with van der Waals surface area (Å²) in [4.78, 5) is 19.0. The van der Waals surface area contributed by atoms with Crippen LogP contribution in [0.3, 0.4) is 0 Å². The minimum absolute atomic E-state index is 0.0845. The summed E-state index contributed by atoms with van der Waals surface area (Å²) in [6.07, 6.45) is 1.28. The number of nitrogens with zero attached hydrogens (tertiary/aromatic N) is 2. The Balaban J connectivity index is 1.84. The predicted molar refractivity (Wildman–Crippen MR) is 69.6 cm³/mol. The molecule has 3 rings (SSSR count). The van der Waals surface area contributed by atoms with Crippen LogP contribution in [0.15, 0.2) is 24.4 Å². The maximum absolute atomic E-state index is 10.9. The van der Waals surface area contributed by atoms with E-state index in [2.05, 4.69) is 15.3 Å². The highest BCUT2D eigenvalue weighted by Crippen LogP contribution is 2.34. The molecule has 0 atom stereocenters. The van der Waals surface area contributed by atoms with Gasteiger partial charge in [0.15, 0.2) is 11.5 Å². The van der Waals surface area contributed by atoms with E-state index in [1.165, 1.54) is 6.20 Å². The Hall–Kier alpha value is -2.83. The monoisotopic (exact) mass is 273 g/mol. The van der Waals surface area contributed by atoms with Crippen molar-refractivity contribution in [2.24, 2.45) is 0 Å². The fourth-order valence-corrected chi connectivity index (χ4v) is 1.84. The van der Waals surface area contributed by atoms with Gasteiger partial charge in [-0.05, 0) is 19.1 Å². The lowest BCUT2D eigenvalue weighted by Crippen LogP contribution is -2.06. The second kappa shape index (κ2) is 4.69. The van der Waals surface area contributed by atoms with E-state index in [1.54, 1.807) is 25.1 Å². The van der Waals surface area contributed by atoms with Crippen LogP contribution in [0, 0.1) is 6.92 Å². The number of hydrogen-bond donors (Lipinski definition) is 2. The predicted octanol–water partition coefficient (Wildman–Crippen LogP) is 1.96. The molecule has 2 heterocycles. The van der Waals surface area contributed by atoms with Crippen molar-refractivity contribution in [1.82, 2.24) is 9.97 Å². The molecule has 1 aromatic carbocycles. The Kier molecular flexibility index (Phi) is 2.86. The van der Waals surface area contributed by atoms with Crippen LogP contribution in [-0.4, -0.2) is 27.8 Å². The van der Waals surface area contributed by atoms with Gasteiger partial charge in [0.05, 0.1) is 11.3 Å². The molecule has 2 aromatic rings. The van der Waals surface area contributed by atoms with Gasteiger partial charge in [0, 0.05) is 18.0 Å². The molecule has 0 saturated carbocycles. The number of rotatable bonds is 3. The Morgan fingerprint density at radius 1 is 1.35 bits per heavy atom. The zero-order valence-electron chi connectivity index (χ0n) is 10.6. The van der Waals surface area contributed by atoms with Crippen molar-refractivity contribution >= 4 is 17.6 Å². The molecule has 0 bridgehead atoms. The Morgan fingerprint density at radius 2 is 2.15 bits per heavy atom. The van der Waals surface area contributed by atoms with Gasteiger partial charge < -0.3 is 19.9 Å². The Labute approximate surface area is 114 Å². The lowest BCUT2D eigenvalue weighted by Gasteiger charge is -2.07. The lowest BCUT2D eigenvalue weighted by molar-refractivity contribution is 0.0695. The van der Waals surface area contributed by atoms with E-state index in [1.807, 2.05) is 0 Å². The summed E-state index contributed by atoms with van der Waals surface area (Å²) in [6, 6.07) is 5.35. The minimum Gasteiger partial charge on any atom is -0.478 e. The fourth-order valence-electron chi connectivity index (χ4n) is 1.84. The van der Waals surface area contributed by atoms with E-state index in [4.69, 9.17) is 14.6 Å². The molecule has 0 aliphatic carbocycles. The van der Waals surface area contributed by atoms with Crippen molar-refractivity contribution in [2.75, 3.05) is 12.1 Å². The quantitative estimate of drug-likeness (QED) is 0.882. The zero-order valence-corrected chi connectivity index (χ0v) is 10.6. The number of ether oxygens (including phenoxy) is 2. The topological polar surface area (TPSA) is 93.6 Å². The van der Waals surface area contributed by atoms with Crippen LogP contribution in [0.1, 0.15) is 16.1 Å². The van der Waals surface area contributed by atoms with Crippen molar-refractivity contribution in [2.45, 2.75) is 6.92 Å². The molecule has 102 valence electrons. The van der Waals surface area contributed by atoms with Crippen molar-refractivity contribution in [3.8, 4) is 11.5 Å². The van der Waals surface area contributed by atoms with Crippen molar-refractivity contribution in [1.29, 1.82) is 0 Å². The molecule has 7 nitrogen and oxygen atoms in total. The third kappa shape index (κ3) is 2.20. The number of aromatic carboxylic acids is 1. The van der Waals surface area contributed by atoms with E-state index in [-0.39, 0.29) is 12.4 Å². The Bertz CT molecular complexity index is 687. The van der Waals surface area contributed by atoms with E-state index in [0.29, 0.717) is 23.1 Å². The van der Waals surface area contributed by atoms with Gasteiger partial charge in [0.25, 0.3) is 0 Å². The fraction of sp³-hybridized carbons (Fsp3) is 0.154. The number of nitrogens with one attached hydrogen (secondary N) is 1. The van der Waals surface area contributed by atoms with Crippen LogP contribution >= 0.6 is 0 Å². The smallest absolute Gasteiger partial charge is 0.339 e. The number of aryl methyl sites for hydroxylation is 1. The minimum atomic E-state index is -1.04. The number of carboxylic acids is 1. The van der Waals surface area contributed by atoms with Crippen molar-refractivity contribution < 1.29 is 19.4 Å². The summed E-state index contributed by atoms with van der Waals surface area (Å²) >= 11 is 0. The number of fused-ring (bicyclic) bond motifs is 1. The molecule has 0 fully saturated rings. The highest BCUT2D eigenvalue weighted by Gasteiger charge is 2.14. The first-order valence-corrected chi connectivity index (χ1v) is 5.87. The van der Waals surface area contributed by atoms with Gasteiger partial charge in [-0.1, -0.05) is 0 Å². The summed E-state index contributed by atoms with van der Waals surface area (Å²) in [6.45, 7) is 1.83. The first-order chi connectivity index (χ1) is 9.63. The van der Waals surface area contributed by atoms with Crippen LogP contribution in [0.25, 0.3) is 0 Å². The molecular formula is C13H11N3O4. The van der Waals surface area contributed by atoms with Gasteiger partial charge in [-0.3, -0.25) is 0 Å². The average Bonchev–Trinajstić information content (AvgIpc) is 2.85. The summed E-state index contributed by atoms with van der Waals surface area (Å²) in [5.74, 6) is 0.617. The highest BCUT2D eigenvalue weighted by atomic mass is 16.7. The molecule has 1 aliphatic heterocycles. The molecule has 0 amide bonds. The molecule has 0 unspecified atom stereocenters. The first-order valence-electron chi connectivity index (χ1n) is 5.87. The summed E-state index contributed by atoms with van der Waals surface area (Å²) in [7, 11) is 0. The third-order valence-corrected chi connectivity index (χ3v) is 2.84. The maximum Gasteiger partial charge on any atom is 0.339 e. The van der Waals surface area contributed by atoms with Gasteiger partial charge in [0.1, 0.15) is 0 Å². The number of carboxylic acid groups (broad SMARTS) is 1. The van der Waals surface area contributed by atoms with E-state index >= 15 is 0 Å². The molecule has 0 spiro atoms. The van der Waals surface area contributed by atoms with Gasteiger partial charge in [-0.25, -0.2) is 14.8 Å². The molecular weight excluding hydrogens is 262 g/mol. The molecule has 20 heavy (non-hydrogen) atoms. The normalized spacial score (nSPS) is 12.2. The standard InChI is InChI=1S/C13H11N3O4/c1-7-9(12(17)18)5-14-13(15-7)16-8-2-3-10-11(4-8)20-6-19-10/h2-5H,6H2,1H3,(H,17,18)(H,14,15,16). The highest BCUT2D eigenvalue weighted by molar-refractivity contribution is 5.88. The summed E-state index contributed by atoms with van der Waals surface area (Å²) < 4.78 is 10.5. The van der Waals surface area contributed by atoms with Crippen LogP contribution in [0.4, 0.5) is 11.6 Å². The molecule has 7 heteroatoms. The Morgan fingerprint density at radius 3 is 2.90 bits per heavy atom. The first kappa shape index (κ1) is 12.2. The van der Waals surface area contributed by atoms with Crippen molar-refractivity contribution in [3.63, 3.8) is 0 Å². The van der Waals surface area contributed by atoms with Gasteiger partial charge in [-0.2, -0.15) is 0 Å². The number of aromatic nitrogens is 2. The number of hydrogen-bond acceptors (Lipinski definition) is 6. The van der Waals surface area contributed by atoms with Crippen LogP contribution < -0.4 is 14.8 Å². The molecule has 2 N–H and O–H groups in total. The van der Waals surface area contributed by atoms with Gasteiger partial charge >= 0.3 is 5.97 Å². The number of anilines is 2. The maximum atomic E-state index is 10.9. The third-order valence-electron chi connectivity index (χ3n) is 2.84. The van der Waals surface area contributed by atoms with E-state index in [9.17, 15) is 4.79 Å². The van der Waals surface area contributed by atoms with E-state index in [0.717, 1.165) is 5.69 Å².